The van der Waals surface area contributed by atoms with E-state index in [1.807, 2.05) is 56.5 Å². The molecule has 2 heterocycles. The van der Waals surface area contributed by atoms with Gasteiger partial charge in [-0.15, -0.1) is 0 Å². The Morgan fingerprint density at radius 1 is 0.670 bits per heavy atom. The number of carboxylic acids is 2. The standard InChI is InChI=1S/C82H101N7O22S4/c1-6-88(41-19-43-113(101,102)103)60-31-34-65-66(81(2,3)4)51-63(111-72(65)50-60)28-16-29-73-82(5,67-52-64(115(107,108)109)33-36-70(67)89(73)42-20-44-114(104,105)106)39-17-30-74(94)85-69(47-57-25-14-9-15-26-57)71(93)49-59(46-56-23-12-8-13-24-56)78(98)84-53-62(92)27-18-40-83-77(97)58(45-55-21-10-7-11-22-55)48-61(91)32-35-68(79(99)100)86-80(112)87-75(110-54-90)37-38-76(95)96/h7-16,21-26,28-29,31,33-34,36,50-52,54,58-59,68-69,75H,6,17-20,27,30,32,35,37-49,53H2,1-5H3,(H9-,83,84,85,86,87,94,95,96,97,98,99,100,101,102,103,104,105,106,107,108,109,112)/p-2/t58-,59-,68+,69+,75-,82?/m1/s1. The van der Waals surface area contributed by atoms with E-state index >= 15 is 0 Å². The molecule has 0 saturated heterocycles. The van der Waals surface area contributed by atoms with Crippen molar-refractivity contribution in [2.24, 2.45) is 11.8 Å². The molecule has 0 aromatic heterocycles. The molecule has 6 atom stereocenters. The fraction of sp³-hybridized carbons (Fsp3) is 0.427. The van der Waals surface area contributed by atoms with Crippen molar-refractivity contribution in [2.45, 2.75) is 171 Å². The van der Waals surface area contributed by atoms with Crippen LogP contribution in [0.25, 0.3) is 17.4 Å². The van der Waals surface area contributed by atoms with Crippen LogP contribution < -0.4 is 41.4 Å². The van der Waals surface area contributed by atoms with Crippen molar-refractivity contribution in [3.63, 3.8) is 0 Å². The smallest absolute Gasteiger partial charge is 0.326 e. The molecule has 0 radical (unpaired) electrons. The van der Waals surface area contributed by atoms with E-state index in [0.717, 1.165) is 22.8 Å². The minimum atomic E-state index is -5.06. The molecule has 29 nitrogen and oxygen atoms in total. The highest BCUT2D eigenvalue weighted by Gasteiger charge is 2.44. The van der Waals surface area contributed by atoms with Crippen molar-refractivity contribution in [1.29, 1.82) is 0 Å². The van der Waals surface area contributed by atoms with Crippen molar-refractivity contribution < 1.29 is 101 Å². The molecule has 7 N–H and O–H groups in total. The van der Waals surface area contributed by atoms with Crippen molar-refractivity contribution in [3.8, 4) is 11.3 Å². The third-order valence-electron chi connectivity index (χ3n) is 19.7. The quantitative estimate of drug-likeness (QED) is 0.00500. The molecule has 0 fully saturated rings. The average molecular weight is 1660 g/mol. The summed E-state index contributed by atoms with van der Waals surface area (Å²) in [6, 6.07) is 35.3. The summed E-state index contributed by atoms with van der Waals surface area (Å²) >= 11 is 5.17. The minimum Gasteiger partial charge on any atom is -0.748 e. The number of fused-ring (bicyclic) bond motifs is 2. The number of nitrogens with one attached hydrogen (secondary N) is 5. The van der Waals surface area contributed by atoms with Gasteiger partial charge in [0, 0.05) is 110 Å². The number of hydrogen-bond donors (Lipinski definition) is 7. The number of carboxylic acid groups (broad SMARTS) is 2. The number of allylic oxidation sites excluding steroid dienone is 3. The second-order valence-corrected chi connectivity index (χ2v) is 34.4. The van der Waals surface area contributed by atoms with Crippen molar-refractivity contribution in [2.75, 3.05) is 49.1 Å². The molecular formula is C82H99N7O22S4-2. The molecule has 33 heteroatoms. The zero-order valence-corrected chi connectivity index (χ0v) is 68.0. The van der Waals surface area contributed by atoms with Crippen LogP contribution in [0.4, 0.5) is 5.69 Å². The Morgan fingerprint density at radius 3 is 1.86 bits per heavy atom. The highest BCUT2D eigenvalue weighted by molar-refractivity contribution is 7.86. The monoisotopic (exact) mass is 1660 g/mol. The lowest BCUT2D eigenvalue weighted by Gasteiger charge is -2.31. The topological polar surface area (TPSA) is 454 Å². The predicted molar refractivity (Wildman–Crippen MR) is 429 cm³/mol. The predicted octanol–water partition coefficient (Wildman–Crippen LogP) is 7.10. The van der Waals surface area contributed by atoms with E-state index in [1.54, 1.807) is 121 Å². The first-order valence-corrected chi connectivity index (χ1v) is 42.7. The van der Waals surface area contributed by atoms with Gasteiger partial charge in [0.25, 0.3) is 6.47 Å². The van der Waals surface area contributed by atoms with Crippen LogP contribution in [-0.4, -0.2) is 170 Å². The summed E-state index contributed by atoms with van der Waals surface area (Å²) in [5.41, 5.74) is 3.35. The second kappa shape index (κ2) is 43.0. The lowest BCUT2D eigenvalue weighted by atomic mass is 9.77. The van der Waals surface area contributed by atoms with Gasteiger partial charge in [0.1, 0.15) is 46.6 Å². The zero-order chi connectivity index (χ0) is 84.3. The molecule has 1 aliphatic carbocycles. The van der Waals surface area contributed by atoms with E-state index in [2.05, 4.69) is 26.6 Å². The second-order valence-electron chi connectivity index (χ2n) is 29.5. The molecule has 7 rings (SSSR count). The highest BCUT2D eigenvalue weighted by atomic mass is 32.2. The first-order valence-electron chi connectivity index (χ1n) is 37.8. The lowest BCUT2D eigenvalue weighted by Crippen LogP contribution is -2.49. The van der Waals surface area contributed by atoms with Gasteiger partial charge in [0.2, 0.25) is 23.1 Å². The van der Waals surface area contributed by atoms with Crippen molar-refractivity contribution in [3.05, 3.63) is 190 Å². The van der Waals surface area contributed by atoms with Crippen LogP contribution in [0.5, 0.6) is 0 Å². The van der Waals surface area contributed by atoms with Gasteiger partial charge < -0.3 is 64.5 Å². The molecule has 3 aliphatic rings. The number of rotatable bonds is 47. The normalized spacial score (nSPS) is 15.7. The first-order chi connectivity index (χ1) is 54.3. The maximum atomic E-state index is 14.9. The van der Waals surface area contributed by atoms with E-state index in [-0.39, 0.29) is 128 Å². The van der Waals surface area contributed by atoms with Crippen LogP contribution in [0.15, 0.2) is 161 Å². The van der Waals surface area contributed by atoms with Crippen LogP contribution in [-0.2, 0) is 108 Å². The van der Waals surface area contributed by atoms with Crippen LogP contribution in [0.3, 0.4) is 0 Å². The Balaban J connectivity index is 1.05. The van der Waals surface area contributed by atoms with Gasteiger partial charge in [-0.1, -0.05) is 118 Å². The van der Waals surface area contributed by atoms with Gasteiger partial charge in [0.05, 0.1) is 50.2 Å². The molecule has 0 spiro atoms. The summed E-state index contributed by atoms with van der Waals surface area (Å²) in [4.78, 5) is 120. The molecule has 4 aromatic carbocycles. The lowest BCUT2D eigenvalue weighted by molar-refractivity contribution is -0.141. The van der Waals surface area contributed by atoms with Crippen LogP contribution in [0.2, 0.25) is 0 Å². The molecule has 2 aliphatic heterocycles. The number of amides is 3. The molecule has 1 unspecified atom stereocenters. The molecular weight excluding hydrogens is 1560 g/mol. The summed E-state index contributed by atoms with van der Waals surface area (Å²) in [6.07, 6.45) is 2.17. The van der Waals surface area contributed by atoms with Gasteiger partial charge in [0.15, 0.2) is 22.9 Å². The number of carbonyl (C=O) groups is 9. The number of thiocarbonyl (C=S) groups is 1. The number of carbonyl (C=O) groups excluding carboxylic acids is 7. The van der Waals surface area contributed by atoms with Gasteiger partial charge in [-0.05, 0) is 153 Å². The number of hydrogen-bond acceptors (Lipinski definition) is 22. The number of aliphatic carboxylic acids is 2. The third-order valence-corrected chi connectivity index (χ3v) is 22.3. The highest BCUT2D eigenvalue weighted by Crippen LogP contribution is 2.51. The van der Waals surface area contributed by atoms with E-state index in [1.165, 1.54) is 12.1 Å². The van der Waals surface area contributed by atoms with Crippen molar-refractivity contribution >= 4 is 113 Å². The van der Waals surface area contributed by atoms with Crippen LogP contribution in [0.1, 0.15) is 152 Å². The summed E-state index contributed by atoms with van der Waals surface area (Å²) < 4.78 is 122. The summed E-state index contributed by atoms with van der Waals surface area (Å²) in [5, 5.41) is 32.9. The van der Waals surface area contributed by atoms with Gasteiger partial charge >= 0.3 is 11.9 Å². The number of ether oxygens (including phenoxy) is 1. The minimum absolute atomic E-state index is 0.00716. The van der Waals surface area contributed by atoms with Crippen LogP contribution >= 0.6 is 12.2 Å². The maximum Gasteiger partial charge on any atom is 0.326 e. The maximum absolute atomic E-state index is 14.9. The zero-order valence-electron chi connectivity index (χ0n) is 64.7. The Labute approximate surface area is 675 Å². The van der Waals surface area contributed by atoms with E-state index in [9.17, 15) is 87.2 Å². The SMILES string of the molecule is CC[N+](CCCS(=O)(=O)[O-])=c1ccc2c(C(C)(C)C)cc(/C=C/C=C3\N(CCCS(=O)(=O)[O-])c4ccc(S(=O)(=O)[O-])cc4C3(C)CCCC(=O)N[C@@H](Cc3ccccc3)C(=O)C[C@@H](Cc3ccccc3)C(=O)NCC(=O)CCCNC(=O)[C@@H](CC(=O)CC[C@H](NC(=S)N[C@@H](CCC(=O)O)OC=O)C(=O)O)Cc3ccccc3)oc-2c1. The van der Waals surface area contributed by atoms with Crippen LogP contribution in [0, 0.1) is 11.8 Å². The van der Waals surface area contributed by atoms with Crippen molar-refractivity contribution in [1.82, 2.24) is 31.2 Å². The number of Topliss-reactive ketones (excluding diaryl/α,β-unsaturated/α-hetero) is 3. The Hall–Kier alpha value is -10.2. The molecule has 115 heavy (non-hydrogen) atoms. The molecule has 0 saturated carbocycles. The number of ketones is 3. The molecule has 620 valence electrons. The van der Waals surface area contributed by atoms with Gasteiger partial charge in [-0.25, -0.2) is 34.6 Å². The number of benzene rings is 5. The van der Waals surface area contributed by atoms with E-state index < -0.39 is 148 Å². The van der Waals surface area contributed by atoms with Gasteiger partial charge in [-0.3, -0.25) is 38.4 Å². The van der Waals surface area contributed by atoms with E-state index in [4.69, 9.17) is 26.5 Å². The Bertz CT molecular complexity index is 4900. The Kier molecular flexibility index (Phi) is 34.4. The number of nitrogens with zero attached hydrogens (tertiary/aromatic N) is 2. The number of anilines is 1. The fourth-order valence-electron chi connectivity index (χ4n) is 13.8. The molecule has 3 amide bonds. The molecule has 0 bridgehead atoms. The average Bonchev–Trinajstić information content (AvgIpc) is 1.58. The van der Waals surface area contributed by atoms with E-state index in [0.29, 0.717) is 51.5 Å². The third kappa shape index (κ3) is 29.9. The fourth-order valence-corrected chi connectivity index (χ4v) is 15.6. The molecule has 4 aromatic rings. The summed E-state index contributed by atoms with van der Waals surface area (Å²) in [6.45, 7) is 10.1. The first kappa shape index (κ1) is 92.0. The largest absolute Gasteiger partial charge is 0.748 e. The summed E-state index contributed by atoms with van der Waals surface area (Å²) in [7, 11) is -14.2. The van der Waals surface area contributed by atoms with Gasteiger partial charge in [-0.2, -0.15) is 0 Å². The summed E-state index contributed by atoms with van der Waals surface area (Å²) in [5.74, 6) is -8.00. The Morgan fingerprint density at radius 2 is 1.28 bits per heavy atom.